The van der Waals surface area contributed by atoms with Crippen LogP contribution in [0.3, 0.4) is 0 Å². The highest BCUT2D eigenvalue weighted by Crippen LogP contribution is 2.30. The van der Waals surface area contributed by atoms with E-state index in [1.54, 1.807) is 19.1 Å². The SMILES string of the molecule is CC(=O)Nc1cc(C)c(S(=O)(=O)N2CCCNCC2)cc1Br. The number of carbonyl (C=O) groups excluding carboxylic acids is 1. The molecule has 122 valence electrons. The van der Waals surface area contributed by atoms with Crippen molar-refractivity contribution in [3.8, 4) is 0 Å². The number of hydrogen-bond donors (Lipinski definition) is 2. The summed E-state index contributed by atoms with van der Waals surface area (Å²) in [6.07, 6.45) is 0.795. The predicted octanol–water partition coefficient (Wildman–Crippen LogP) is 1.70. The first-order valence-electron chi connectivity index (χ1n) is 7.11. The van der Waals surface area contributed by atoms with Crippen molar-refractivity contribution >= 4 is 37.5 Å². The lowest BCUT2D eigenvalue weighted by Crippen LogP contribution is -2.34. The van der Waals surface area contributed by atoms with Crippen molar-refractivity contribution in [2.24, 2.45) is 0 Å². The molecule has 0 aromatic heterocycles. The molecule has 0 saturated carbocycles. The first-order valence-corrected chi connectivity index (χ1v) is 9.34. The topological polar surface area (TPSA) is 78.5 Å². The minimum Gasteiger partial charge on any atom is -0.325 e. The third-order valence-corrected chi connectivity index (χ3v) is 6.19. The van der Waals surface area contributed by atoms with Crippen LogP contribution in [0.2, 0.25) is 0 Å². The number of anilines is 1. The van der Waals surface area contributed by atoms with Crippen molar-refractivity contribution in [3.63, 3.8) is 0 Å². The van der Waals surface area contributed by atoms with Gasteiger partial charge in [-0.2, -0.15) is 4.31 Å². The van der Waals surface area contributed by atoms with E-state index in [0.717, 1.165) is 13.0 Å². The van der Waals surface area contributed by atoms with Crippen molar-refractivity contribution < 1.29 is 13.2 Å². The highest BCUT2D eigenvalue weighted by atomic mass is 79.9. The number of sulfonamides is 1. The molecule has 1 saturated heterocycles. The molecule has 0 unspecified atom stereocenters. The Morgan fingerprint density at radius 1 is 1.32 bits per heavy atom. The Morgan fingerprint density at radius 3 is 2.73 bits per heavy atom. The molecule has 1 aliphatic heterocycles. The molecule has 1 aliphatic rings. The molecule has 2 rings (SSSR count). The largest absolute Gasteiger partial charge is 0.325 e. The van der Waals surface area contributed by atoms with Crippen LogP contribution in [-0.2, 0) is 14.8 Å². The summed E-state index contributed by atoms with van der Waals surface area (Å²) in [6.45, 7) is 5.61. The molecule has 0 spiro atoms. The van der Waals surface area contributed by atoms with Gasteiger partial charge in [0, 0.05) is 31.0 Å². The molecule has 0 bridgehead atoms. The van der Waals surface area contributed by atoms with Gasteiger partial charge in [-0.15, -0.1) is 0 Å². The first-order chi connectivity index (χ1) is 10.3. The van der Waals surface area contributed by atoms with E-state index in [9.17, 15) is 13.2 Å². The molecule has 1 fully saturated rings. The van der Waals surface area contributed by atoms with Gasteiger partial charge in [0.25, 0.3) is 0 Å². The van der Waals surface area contributed by atoms with Crippen molar-refractivity contribution in [1.29, 1.82) is 0 Å². The van der Waals surface area contributed by atoms with Crippen LogP contribution in [0.5, 0.6) is 0 Å². The number of carbonyl (C=O) groups is 1. The van der Waals surface area contributed by atoms with Gasteiger partial charge < -0.3 is 10.6 Å². The van der Waals surface area contributed by atoms with Crippen molar-refractivity contribution in [2.45, 2.75) is 25.2 Å². The number of halogens is 1. The van der Waals surface area contributed by atoms with E-state index in [1.165, 1.54) is 11.2 Å². The number of rotatable bonds is 3. The van der Waals surface area contributed by atoms with E-state index in [4.69, 9.17) is 0 Å². The average Bonchev–Trinajstić information content (AvgIpc) is 2.71. The second kappa shape index (κ2) is 7.08. The van der Waals surface area contributed by atoms with E-state index < -0.39 is 10.0 Å². The maximum Gasteiger partial charge on any atom is 0.243 e. The molecule has 22 heavy (non-hydrogen) atoms. The van der Waals surface area contributed by atoms with Crippen LogP contribution in [0.25, 0.3) is 0 Å². The Bertz CT molecular complexity index is 668. The van der Waals surface area contributed by atoms with Crippen molar-refractivity contribution in [2.75, 3.05) is 31.5 Å². The lowest BCUT2D eigenvalue weighted by molar-refractivity contribution is -0.114. The van der Waals surface area contributed by atoms with Gasteiger partial charge >= 0.3 is 0 Å². The Labute approximate surface area is 139 Å². The van der Waals surface area contributed by atoms with E-state index >= 15 is 0 Å². The number of amides is 1. The quantitative estimate of drug-likeness (QED) is 0.824. The van der Waals surface area contributed by atoms with Crippen LogP contribution in [0, 0.1) is 6.92 Å². The smallest absolute Gasteiger partial charge is 0.243 e. The summed E-state index contributed by atoms with van der Waals surface area (Å²) in [6, 6.07) is 3.24. The van der Waals surface area contributed by atoms with Crippen LogP contribution in [0.1, 0.15) is 18.9 Å². The van der Waals surface area contributed by atoms with Gasteiger partial charge in [0.1, 0.15) is 0 Å². The predicted molar refractivity (Wildman–Crippen MR) is 89.4 cm³/mol. The molecule has 2 N–H and O–H groups in total. The fourth-order valence-electron chi connectivity index (χ4n) is 2.43. The van der Waals surface area contributed by atoms with Crippen molar-refractivity contribution in [1.82, 2.24) is 9.62 Å². The molecular formula is C14H20BrN3O3S. The van der Waals surface area contributed by atoms with Crippen LogP contribution >= 0.6 is 15.9 Å². The summed E-state index contributed by atoms with van der Waals surface area (Å²) in [4.78, 5) is 11.5. The third-order valence-electron chi connectivity index (χ3n) is 3.49. The third kappa shape index (κ3) is 3.87. The second-order valence-electron chi connectivity index (χ2n) is 5.29. The van der Waals surface area contributed by atoms with Gasteiger partial charge in [-0.1, -0.05) is 0 Å². The van der Waals surface area contributed by atoms with Crippen LogP contribution in [0.4, 0.5) is 5.69 Å². The fraction of sp³-hybridized carbons (Fsp3) is 0.500. The van der Waals surface area contributed by atoms with Gasteiger partial charge in [0.2, 0.25) is 15.9 Å². The van der Waals surface area contributed by atoms with E-state index in [0.29, 0.717) is 35.4 Å². The summed E-state index contributed by atoms with van der Waals surface area (Å²) in [7, 11) is -3.53. The number of nitrogens with one attached hydrogen (secondary N) is 2. The van der Waals surface area contributed by atoms with E-state index in [2.05, 4.69) is 26.6 Å². The summed E-state index contributed by atoms with van der Waals surface area (Å²) >= 11 is 3.33. The molecule has 0 aliphatic carbocycles. The van der Waals surface area contributed by atoms with E-state index in [1.807, 2.05) is 0 Å². The molecule has 1 aromatic rings. The number of aryl methyl sites for hydroxylation is 1. The zero-order valence-corrected chi connectivity index (χ0v) is 15.1. The highest BCUT2D eigenvalue weighted by Gasteiger charge is 2.27. The molecule has 1 aromatic carbocycles. The Morgan fingerprint density at radius 2 is 2.05 bits per heavy atom. The van der Waals surface area contributed by atoms with Gasteiger partial charge in [-0.3, -0.25) is 4.79 Å². The average molecular weight is 390 g/mol. The molecule has 1 heterocycles. The molecule has 0 atom stereocenters. The normalized spacial score (nSPS) is 17.0. The fourth-order valence-corrected chi connectivity index (χ4v) is 4.73. The summed E-state index contributed by atoms with van der Waals surface area (Å²) in [5, 5.41) is 5.87. The minimum absolute atomic E-state index is 0.200. The Kier molecular flexibility index (Phi) is 5.60. The number of nitrogens with zero attached hydrogens (tertiary/aromatic N) is 1. The summed E-state index contributed by atoms with van der Waals surface area (Å²) in [5.41, 5.74) is 1.19. The maximum absolute atomic E-state index is 12.8. The second-order valence-corrected chi connectivity index (χ2v) is 8.05. The minimum atomic E-state index is -3.53. The standard InChI is InChI=1S/C14H20BrN3O3S/c1-10-8-13(17-11(2)19)12(15)9-14(10)22(20,21)18-6-3-4-16-5-7-18/h8-9,16H,3-7H2,1-2H3,(H,17,19). The van der Waals surface area contributed by atoms with Gasteiger partial charge in [0.05, 0.1) is 10.6 Å². The van der Waals surface area contributed by atoms with Crippen LogP contribution in [0.15, 0.2) is 21.5 Å². The van der Waals surface area contributed by atoms with Gasteiger partial charge in [-0.25, -0.2) is 8.42 Å². The number of benzene rings is 1. The Hall–Kier alpha value is -0.960. The monoisotopic (exact) mass is 389 g/mol. The molecular weight excluding hydrogens is 370 g/mol. The molecule has 1 amide bonds. The maximum atomic E-state index is 12.8. The van der Waals surface area contributed by atoms with Gasteiger partial charge in [-0.05, 0) is 53.5 Å². The van der Waals surface area contributed by atoms with Crippen LogP contribution < -0.4 is 10.6 Å². The highest BCUT2D eigenvalue weighted by molar-refractivity contribution is 9.10. The summed E-state index contributed by atoms with van der Waals surface area (Å²) < 4.78 is 27.7. The zero-order chi connectivity index (χ0) is 16.3. The zero-order valence-electron chi connectivity index (χ0n) is 12.6. The lowest BCUT2D eigenvalue weighted by Gasteiger charge is -2.21. The Balaban J connectivity index is 2.38. The molecule has 6 nitrogen and oxygen atoms in total. The van der Waals surface area contributed by atoms with Crippen LogP contribution in [-0.4, -0.2) is 44.8 Å². The van der Waals surface area contributed by atoms with E-state index in [-0.39, 0.29) is 10.8 Å². The summed E-state index contributed by atoms with van der Waals surface area (Å²) in [5.74, 6) is -0.200. The molecule has 8 heteroatoms. The molecule has 0 radical (unpaired) electrons. The number of hydrogen-bond acceptors (Lipinski definition) is 4. The first kappa shape index (κ1) is 17.4. The lowest BCUT2D eigenvalue weighted by atomic mass is 10.2. The van der Waals surface area contributed by atoms with Gasteiger partial charge in [0.15, 0.2) is 0 Å². The van der Waals surface area contributed by atoms with Crippen molar-refractivity contribution in [3.05, 3.63) is 22.2 Å².